The van der Waals surface area contributed by atoms with E-state index in [0.29, 0.717) is 45.9 Å². The minimum atomic E-state index is -0.581. The zero-order chi connectivity index (χ0) is 25.5. The molecule has 0 aliphatic rings. The summed E-state index contributed by atoms with van der Waals surface area (Å²) in [7, 11) is 1.82. The number of aryl methyl sites for hydroxylation is 1. The molecule has 2 heterocycles. The molecular formula is C26H29N4O4S+. The number of anilines is 1. The van der Waals surface area contributed by atoms with Crippen LogP contribution in [0.3, 0.4) is 0 Å². The zero-order valence-corrected chi connectivity index (χ0v) is 21.2. The fourth-order valence-electron chi connectivity index (χ4n) is 3.89. The molecule has 0 radical (unpaired) electrons. The molecule has 1 aromatic carbocycles. The lowest BCUT2D eigenvalue weighted by atomic mass is 10.1. The number of unbranched alkanes of at least 4 members (excludes halogenated alkanes) is 1. The van der Waals surface area contributed by atoms with Crippen molar-refractivity contribution < 1.29 is 13.9 Å². The SMILES string of the molecule is CCCCSc1c(C=C(C#N)c2cccc[n+]2C)c(=O)oc2cc(N(CC)CC)c([N+](=O)[O-])cc12. The number of aromatic nitrogens is 1. The van der Waals surface area contributed by atoms with Crippen LogP contribution in [0.25, 0.3) is 22.6 Å². The van der Waals surface area contributed by atoms with Crippen molar-refractivity contribution in [2.75, 3.05) is 23.7 Å². The summed E-state index contributed by atoms with van der Waals surface area (Å²) in [6.45, 7) is 7.06. The molecule has 0 saturated carbocycles. The molecule has 0 fully saturated rings. The van der Waals surface area contributed by atoms with Gasteiger partial charge in [-0.2, -0.15) is 5.26 Å². The highest BCUT2D eigenvalue weighted by Crippen LogP contribution is 2.39. The molecule has 0 atom stereocenters. The lowest BCUT2D eigenvalue weighted by molar-refractivity contribution is -0.673. The third-order valence-corrected chi connectivity index (χ3v) is 6.99. The summed E-state index contributed by atoms with van der Waals surface area (Å²) in [5.74, 6) is 0.725. The van der Waals surface area contributed by atoms with E-state index in [1.165, 1.54) is 23.9 Å². The number of nitrogens with zero attached hydrogens (tertiary/aromatic N) is 4. The first-order chi connectivity index (χ1) is 16.9. The molecule has 2 aromatic heterocycles. The van der Waals surface area contributed by atoms with E-state index in [2.05, 4.69) is 13.0 Å². The minimum Gasteiger partial charge on any atom is -0.422 e. The number of pyridine rings is 1. The Balaban J connectivity index is 2.35. The summed E-state index contributed by atoms with van der Waals surface area (Å²) < 4.78 is 7.48. The van der Waals surface area contributed by atoms with Gasteiger partial charge >= 0.3 is 5.63 Å². The maximum Gasteiger partial charge on any atom is 0.344 e. The van der Waals surface area contributed by atoms with Crippen LogP contribution in [-0.4, -0.2) is 23.8 Å². The van der Waals surface area contributed by atoms with E-state index in [1.54, 1.807) is 16.7 Å². The number of thioether (sulfide) groups is 1. The van der Waals surface area contributed by atoms with Crippen molar-refractivity contribution in [3.05, 3.63) is 68.3 Å². The number of fused-ring (bicyclic) bond motifs is 1. The van der Waals surface area contributed by atoms with Gasteiger partial charge < -0.3 is 9.32 Å². The van der Waals surface area contributed by atoms with Crippen LogP contribution in [0.1, 0.15) is 44.9 Å². The topological polar surface area (TPSA) is 104 Å². The summed E-state index contributed by atoms with van der Waals surface area (Å²) in [4.78, 5) is 27.2. The second-order valence-electron chi connectivity index (χ2n) is 7.97. The molecule has 3 aromatic rings. The maximum atomic E-state index is 13.2. The standard InChI is InChI=1S/C26H29N4O4S/c1-5-8-13-35-25-19-15-23(30(32)33)22(29(6-2)7-3)16-24(19)34-26(31)20(25)14-18(17-27)21-11-9-10-12-28(21)4/h9-12,14-16H,5-8,13H2,1-4H3/q+1. The van der Waals surface area contributed by atoms with Crippen LogP contribution < -0.4 is 15.1 Å². The van der Waals surface area contributed by atoms with Gasteiger partial charge in [-0.05, 0) is 38.2 Å². The van der Waals surface area contributed by atoms with Crippen molar-refractivity contribution in [1.82, 2.24) is 0 Å². The van der Waals surface area contributed by atoms with Gasteiger partial charge in [-0.3, -0.25) is 10.1 Å². The Bertz CT molecular complexity index is 1370. The Morgan fingerprint density at radius 3 is 2.63 bits per heavy atom. The van der Waals surface area contributed by atoms with Crippen LogP contribution in [-0.2, 0) is 7.05 Å². The number of rotatable bonds is 10. The average Bonchev–Trinajstić information content (AvgIpc) is 2.84. The van der Waals surface area contributed by atoms with Gasteiger partial charge in [-0.25, -0.2) is 9.36 Å². The highest BCUT2D eigenvalue weighted by molar-refractivity contribution is 7.99. The van der Waals surface area contributed by atoms with E-state index in [-0.39, 0.29) is 11.3 Å². The average molecular weight is 494 g/mol. The third-order valence-electron chi connectivity index (χ3n) is 5.77. The normalized spacial score (nSPS) is 11.5. The van der Waals surface area contributed by atoms with Crippen molar-refractivity contribution in [3.63, 3.8) is 0 Å². The van der Waals surface area contributed by atoms with Crippen molar-refractivity contribution in [2.45, 2.75) is 38.5 Å². The Kier molecular flexibility index (Phi) is 8.66. The van der Waals surface area contributed by atoms with Gasteiger partial charge in [0.25, 0.3) is 5.69 Å². The molecule has 0 saturated heterocycles. The van der Waals surface area contributed by atoms with Crippen LogP contribution in [0.5, 0.6) is 0 Å². The molecule has 0 aliphatic heterocycles. The highest BCUT2D eigenvalue weighted by Gasteiger charge is 2.24. The van der Waals surface area contributed by atoms with Crippen molar-refractivity contribution in [3.8, 4) is 6.07 Å². The Morgan fingerprint density at radius 1 is 1.29 bits per heavy atom. The summed E-state index contributed by atoms with van der Waals surface area (Å²) in [5.41, 5.74) is 1.25. The monoisotopic (exact) mass is 493 g/mol. The summed E-state index contributed by atoms with van der Waals surface area (Å²) in [6.07, 6.45) is 5.22. The molecule has 0 unspecified atom stereocenters. The molecule has 0 bridgehead atoms. The zero-order valence-electron chi connectivity index (χ0n) is 20.4. The van der Waals surface area contributed by atoms with E-state index in [1.807, 2.05) is 44.1 Å². The second kappa shape index (κ2) is 11.7. The van der Waals surface area contributed by atoms with Gasteiger partial charge in [0, 0.05) is 47.6 Å². The number of nitriles is 1. The lowest BCUT2D eigenvalue weighted by Crippen LogP contribution is -2.32. The van der Waals surface area contributed by atoms with E-state index < -0.39 is 10.5 Å². The van der Waals surface area contributed by atoms with E-state index >= 15 is 0 Å². The predicted molar refractivity (Wildman–Crippen MR) is 139 cm³/mol. The van der Waals surface area contributed by atoms with Gasteiger partial charge in [0.1, 0.15) is 30.0 Å². The number of hydrogen-bond acceptors (Lipinski definition) is 7. The molecule has 8 nitrogen and oxygen atoms in total. The van der Waals surface area contributed by atoms with Crippen LogP contribution in [0.4, 0.5) is 11.4 Å². The van der Waals surface area contributed by atoms with E-state index in [4.69, 9.17) is 4.42 Å². The smallest absolute Gasteiger partial charge is 0.344 e. The Hall–Kier alpha value is -3.64. The predicted octanol–water partition coefficient (Wildman–Crippen LogP) is 5.33. The van der Waals surface area contributed by atoms with Crippen molar-refractivity contribution in [1.29, 1.82) is 5.26 Å². The molecule has 0 spiro atoms. The van der Waals surface area contributed by atoms with Crippen molar-refractivity contribution >= 4 is 45.8 Å². The number of benzene rings is 1. The molecule has 0 aliphatic carbocycles. The third kappa shape index (κ3) is 5.54. The van der Waals surface area contributed by atoms with Gasteiger partial charge in [0.15, 0.2) is 6.20 Å². The van der Waals surface area contributed by atoms with Crippen molar-refractivity contribution in [2.24, 2.45) is 7.05 Å². The largest absolute Gasteiger partial charge is 0.422 e. The lowest BCUT2D eigenvalue weighted by Gasteiger charge is -2.21. The Labute approximate surface area is 208 Å². The van der Waals surface area contributed by atoms with Gasteiger partial charge in [0.05, 0.1) is 10.5 Å². The van der Waals surface area contributed by atoms with Crippen LogP contribution >= 0.6 is 11.8 Å². The van der Waals surface area contributed by atoms with E-state index in [0.717, 1.165) is 18.6 Å². The molecular weight excluding hydrogens is 464 g/mol. The molecule has 182 valence electrons. The van der Waals surface area contributed by atoms with Crippen LogP contribution in [0, 0.1) is 21.4 Å². The van der Waals surface area contributed by atoms with Gasteiger partial charge in [0.2, 0.25) is 5.69 Å². The number of allylic oxidation sites excluding steroid dienone is 1. The first-order valence-electron chi connectivity index (χ1n) is 11.6. The van der Waals surface area contributed by atoms with Gasteiger partial charge in [-0.15, -0.1) is 11.8 Å². The van der Waals surface area contributed by atoms with Gasteiger partial charge in [-0.1, -0.05) is 13.3 Å². The summed E-state index contributed by atoms with van der Waals surface area (Å²) >= 11 is 1.46. The van der Waals surface area contributed by atoms with Crippen LogP contribution in [0.2, 0.25) is 0 Å². The first-order valence-corrected chi connectivity index (χ1v) is 12.6. The fraction of sp³-hybridized carbons (Fsp3) is 0.346. The fourth-order valence-corrected chi connectivity index (χ4v) is 5.14. The molecule has 0 N–H and O–H groups in total. The summed E-state index contributed by atoms with van der Waals surface area (Å²) in [6, 6.07) is 10.7. The molecule has 0 amide bonds. The molecule has 35 heavy (non-hydrogen) atoms. The number of hydrogen-bond donors (Lipinski definition) is 0. The Morgan fingerprint density at radius 2 is 2.03 bits per heavy atom. The van der Waals surface area contributed by atoms with Crippen LogP contribution in [0.15, 0.2) is 50.6 Å². The number of nitro groups is 1. The first kappa shape index (κ1) is 26.0. The second-order valence-corrected chi connectivity index (χ2v) is 9.07. The highest BCUT2D eigenvalue weighted by atomic mass is 32.2. The number of nitro benzene ring substituents is 1. The summed E-state index contributed by atoms with van der Waals surface area (Å²) in [5, 5.41) is 22.4. The maximum absolute atomic E-state index is 13.2. The molecule has 9 heteroatoms. The minimum absolute atomic E-state index is 0.0442. The quantitative estimate of drug-likeness (QED) is 0.0715. The molecule has 3 rings (SSSR count). The van der Waals surface area contributed by atoms with E-state index in [9.17, 15) is 20.2 Å².